The van der Waals surface area contributed by atoms with Crippen molar-refractivity contribution in [3.63, 3.8) is 0 Å². The van der Waals surface area contributed by atoms with Gasteiger partial charge in [-0.2, -0.15) is 4.39 Å². The fourth-order valence-corrected chi connectivity index (χ4v) is 6.66. The van der Waals surface area contributed by atoms with Gasteiger partial charge in [-0.1, -0.05) is 82.4 Å². The lowest BCUT2D eigenvalue weighted by atomic mass is 9.94. The summed E-state index contributed by atoms with van der Waals surface area (Å²) in [6, 6.07) is 13.8. The van der Waals surface area contributed by atoms with Crippen LogP contribution < -0.4 is 14.2 Å². The molecule has 0 fully saturated rings. The van der Waals surface area contributed by atoms with Crippen molar-refractivity contribution in [2.45, 2.75) is 104 Å². The summed E-state index contributed by atoms with van der Waals surface area (Å²) in [6.07, 6.45) is 17.3. The zero-order chi connectivity index (χ0) is 39.6. The molecular formula is C46H54F6O3. The van der Waals surface area contributed by atoms with E-state index in [2.05, 4.69) is 12.7 Å². The average Bonchev–Trinajstić information content (AvgIpc) is 3.17. The van der Waals surface area contributed by atoms with Gasteiger partial charge in [0.2, 0.25) is 5.82 Å². The van der Waals surface area contributed by atoms with Gasteiger partial charge in [0.25, 0.3) is 0 Å². The second-order valence-corrected chi connectivity index (χ2v) is 14.0. The number of aryl methyl sites for hydroxylation is 1. The van der Waals surface area contributed by atoms with Crippen LogP contribution in [-0.2, 0) is 0 Å². The van der Waals surface area contributed by atoms with E-state index in [0.717, 1.165) is 64.2 Å². The number of hydrogen-bond acceptors (Lipinski definition) is 3. The predicted molar refractivity (Wildman–Crippen MR) is 209 cm³/mol. The first-order chi connectivity index (χ1) is 26.6. The van der Waals surface area contributed by atoms with Crippen LogP contribution in [0.1, 0.15) is 102 Å². The van der Waals surface area contributed by atoms with Crippen molar-refractivity contribution in [2.75, 3.05) is 19.8 Å². The third-order valence-corrected chi connectivity index (χ3v) is 9.89. The Morgan fingerprint density at radius 2 is 0.945 bits per heavy atom. The highest BCUT2D eigenvalue weighted by Crippen LogP contribution is 2.34. The van der Waals surface area contributed by atoms with Crippen LogP contribution >= 0.6 is 0 Å². The molecule has 0 radical (unpaired) electrons. The van der Waals surface area contributed by atoms with Crippen molar-refractivity contribution in [2.24, 2.45) is 5.92 Å². The number of ether oxygens (including phenoxy) is 3. The SMILES string of the molecule is C=CC(CCCCCCCCOc1ccc(-c2ccc(C)c(F)c2F)c(F)c1)CCCCCCCCOc1ccc(-c2ccc(OCC)c(F)c2F)c(F)c1. The topological polar surface area (TPSA) is 27.7 Å². The van der Waals surface area contributed by atoms with Crippen molar-refractivity contribution in [1.82, 2.24) is 0 Å². The summed E-state index contributed by atoms with van der Waals surface area (Å²) in [5, 5.41) is 0. The zero-order valence-electron chi connectivity index (χ0n) is 32.1. The van der Waals surface area contributed by atoms with E-state index < -0.39 is 34.9 Å². The molecular weight excluding hydrogens is 714 g/mol. The van der Waals surface area contributed by atoms with Crippen LogP contribution in [0.4, 0.5) is 26.3 Å². The van der Waals surface area contributed by atoms with E-state index >= 15 is 0 Å². The number of rotatable bonds is 25. The van der Waals surface area contributed by atoms with Crippen LogP contribution in [0.3, 0.4) is 0 Å². The Hall–Kier alpha value is -4.40. The van der Waals surface area contributed by atoms with Crippen molar-refractivity contribution < 1.29 is 40.6 Å². The van der Waals surface area contributed by atoms with Gasteiger partial charge in [0.05, 0.1) is 19.8 Å². The summed E-state index contributed by atoms with van der Waals surface area (Å²) in [7, 11) is 0. The molecule has 9 heteroatoms. The molecule has 3 nitrogen and oxygen atoms in total. The summed E-state index contributed by atoms with van der Waals surface area (Å²) in [5.74, 6) is -4.58. The Balaban J connectivity index is 0.985. The first-order valence-corrected chi connectivity index (χ1v) is 19.7. The summed E-state index contributed by atoms with van der Waals surface area (Å²) in [6.45, 7) is 8.29. The molecule has 0 saturated carbocycles. The minimum Gasteiger partial charge on any atom is -0.493 e. The van der Waals surface area contributed by atoms with Gasteiger partial charge in [-0.25, -0.2) is 22.0 Å². The van der Waals surface area contributed by atoms with Gasteiger partial charge in [0.1, 0.15) is 23.1 Å². The van der Waals surface area contributed by atoms with Gasteiger partial charge < -0.3 is 14.2 Å². The maximum Gasteiger partial charge on any atom is 0.201 e. The fourth-order valence-electron chi connectivity index (χ4n) is 6.66. The maximum absolute atomic E-state index is 14.8. The highest BCUT2D eigenvalue weighted by atomic mass is 19.2. The van der Waals surface area contributed by atoms with Crippen LogP contribution in [0.2, 0.25) is 0 Å². The molecule has 1 unspecified atom stereocenters. The normalized spacial score (nSPS) is 11.8. The maximum atomic E-state index is 14.8. The molecule has 0 aliphatic heterocycles. The molecule has 0 heterocycles. The Kier molecular flexibility index (Phi) is 18.0. The molecule has 0 aromatic heterocycles. The van der Waals surface area contributed by atoms with Gasteiger partial charge in [-0.05, 0) is 87.4 Å². The van der Waals surface area contributed by atoms with Gasteiger partial charge in [-0.3, -0.25) is 0 Å². The Morgan fingerprint density at radius 1 is 0.509 bits per heavy atom. The quantitative estimate of drug-likeness (QED) is 0.0382. The van der Waals surface area contributed by atoms with E-state index in [9.17, 15) is 26.3 Å². The molecule has 0 N–H and O–H groups in total. The second kappa shape index (κ2) is 22.9. The number of benzene rings is 4. The number of allylic oxidation sites excluding steroid dienone is 1. The summed E-state index contributed by atoms with van der Waals surface area (Å²) < 4.78 is 103. The Labute approximate surface area is 322 Å². The Morgan fingerprint density at radius 3 is 1.42 bits per heavy atom. The monoisotopic (exact) mass is 768 g/mol. The highest BCUT2D eigenvalue weighted by molar-refractivity contribution is 5.67. The summed E-state index contributed by atoms with van der Waals surface area (Å²) in [4.78, 5) is 0. The lowest BCUT2D eigenvalue weighted by Gasteiger charge is -2.12. The molecule has 0 aliphatic carbocycles. The van der Waals surface area contributed by atoms with Crippen LogP contribution in [0.15, 0.2) is 73.3 Å². The molecule has 298 valence electrons. The Bertz CT molecular complexity index is 1810. The smallest absolute Gasteiger partial charge is 0.201 e. The molecule has 55 heavy (non-hydrogen) atoms. The van der Waals surface area contributed by atoms with Crippen molar-refractivity contribution >= 4 is 0 Å². The first kappa shape index (κ1) is 43.3. The van der Waals surface area contributed by atoms with Gasteiger partial charge in [-0.15, -0.1) is 6.58 Å². The number of hydrogen-bond donors (Lipinski definition) is 0. The third kappa shape index (κ3) is 13.1. The number of halogens is 6. The van der Waals surface area contributed by atoms with Crippen molar-refractivity contribution in [3.05, 3.63) is 114 Å². The standard InChI is InChI=1S/C46H54F6O3/c1-4-33(18-14-10-6-8-12-16-28-54-34-21-24-36(40(47)30-34)38-23-20-32(3)43(49)44(38)50)19-15-11-7-9-13-17-29-55-35-22-25-37(41(48)31-35)39-26-27-42(53-5-2)46(52)45(39)51/h4,20-27,30-31,33H,1,5-19,28-29H2,2-3H3. The largest absolute Gasteiger partial charge is 0.493 e. The van der Waals surface area contributed by atoms with Crippen LogP contribution in [0.25, 0.3) is 22.3 Å². The minimum absolute atomic E-state index is 0.00287. The molecule has 0 spiro atoms. The lowest BCUT2D eigenvalue weighted by Crippen LogP contribution is -2.00. The molecule has 0 bridgehead atoms. The average molecular weight is 769 g/mol. The molecule has 0 amide bonds. The molecule has 4 aromatic rings. The van der Waals surface area contributed by atoms with Crippen LogP contribution in [-0.4, -0.2) is 19.8 Å². The van der Waals surface area contributed by atoms with Crippen LogP contribution in [0.5, 0.6) is 17.2 Å². The van der Waals surface area contributed by atoms with E-state index in [0.29, 0.717) is 30.6 Å². The van der Waals surface area contributed by atoms with E-state index in [4.69, 9.17) is 14.2 Å². The van der Waals surface area contributed by atoms with Crippen molar-refractivity contribution in [3.8, 4) is 39.5 Å². The van der Waals surface area contributed by atoms with E-state index in [-0.39, 0.29) is 40.2 Å². The van der Waals surface area contributed by atoms with E-state index in [1.807, 2.05) is 0 Å². The zero-order valence-corrected chi connectivity index (χ0v) is 32.1. The number of unbranched alkanes of at least 4 members (excludes halogenated alkanes) is 10. The summed E-state index contributed by atoms with van der Waals surface area (Å²) >= 11 is 0. The second-order valence-electron chi connectivity index (χ2n) is 14.0. The fraction of sp³-hybridized carbons (Fsp3) is 0.435. The highest BCUT2D eigenvalue weighted by Gasteiger charge is 2.19. The molecule has 0 saturated heterocycles. The van der Waals surface area contributed by atoms with Gasteiger partial charge in [0.15, 0.2) is 23.2 Å². The third-order valence-electron chi connectivity index (χ3n) is 9.89. The van der Waals surface area contributed by atoms with E-state index in [1.165, 1.54) is 81.1 Å². The predicted octanol–water partition coefficient (Wildman–Crippen LogP) is 14.3. The van der Waals surface area contributed by atoms with Crippen LogP contribution in [0, 0.1) is 47.7 Å². The molecule has 4 aromatic carbocycles. The molecule has 4 rings (SSSR count). The summed E-state index contributed by atoms with van der Waals surface area (Å²) in [5.41, 5.74) is -0.137. The molecule has 0 aliphatic rings. The first-order valence-electron chi connectivity index (χ1n) is 19.7. The minimum atomic E-state index is -1.15. The van der Waals surface area contributed by atoms with Gasteiger partial charge >= 0.3 is 0 Å². The van der Waals surface area contributed by atoms with Gasteiger partial charge in [0, 0.05) is 34.4 Å². The molecule has 1 atom stereocenters. The lowest BCUT2D eigenvalue weighted by molar-refractivity contribution is 0.302. The van der Waals surface area contributed by atoms with E-state index in [1.54, 1.807) is 19.1 Å². The van der Waals surface area contributed by atoms with Crippen molar-refractivity contribution in [1.29, 1.82) is 0 Å².